The van der Waals surface area contributed by atoms with Crippen LogP contribution in [-0.2, 0) is 0 Å². The normalized spacial score (nSPS) is 10.7. The van der Waals surface area contributed by atoms with E-state index in [9.17, 15) is 4.79 Å². The summed E-state index contributed by atoms with van der Waals surface area (Å²) in [6.07, 6.45) is 1.90. The average molecular weight is 356 g/mol. The lowest BCUT2D eigenvalue weighted by Gasteiger charge is -2.13. The molecule has 2 heterocycles. The molecule has 4 aromatic rings. The number of aromatic nitrogens is 2. The third kappa shape index (κ3) is 3.27. The van der Waals surface area contributed by atoms with Gasteiger partial charge in [0.1, 0.15) is 17.2 Å². The van der Waals surface area contributed by atoms with Gasteiger partial charge in [-0.3, -0.25) is 9.20 Å². The zero-order valence-corrected chi connectivity index (χ0v) is 15.3. The van der Waals surface area contributed by atoms with Crippen LogP contribution >= 0.6 is 0 Å². The van der Waals surface area contributed by atoms with Gasteiger partial charge >= 0.3 is 0 Å². The van der Waals surface area contributed by atoms with Crippen molar-refractivity contribution in [1.82, 2.24) is 9.38 Å². The first-order chi connectivity index (χ1) is 13.1. The maximum atomic E-state index is 12.9. The van der Waals surface area contributed by atoms with Crippen molar-refractivity contribution in [3.8, 4) is 11.3 Å². The van der Waals surface area contributed by atoms with Gasteiger partial charge in [0, 0.05) is 37.1 Å². The van der Waals surface area contributed by atoms with Gasteiger partial charge in [-0.05, 0) is 36.4 Å². The number of carbonyl (C=O) groups is 1. The number of fused-ring (bicyclic) bond motifs is 1. The number of carbonyl (C=O) groups excluding carboxylic acids is 1. The topological polar surface area (TPSA) is 49.6 Å². The van der Waals surface area contributed by atoms with E-state index >= 15 is 0 Å². The van der Waals surface area contributed by atoms with Crippen LogP contribution in [0, 0.1) is 0 Å². The molecule has 5 nitrogen and oxygen atoms in total. The fourth-order valence-corrected chi connectivity index (χ4v) is 3.00. The molecule has 2 aromatic carbocycles. The highest BCUT2D eigenvalue weighted by atomic mass is 16.1. The largest absolute Gasteiger partial charge is 0.378 e. The van der Waals surface area contributed by atoms with Crippen LogP contribution in [0.1, 0.15) is 10.4 Å². The molecular weight excluding hydrogens is 336 g/mol. The van der Waals surface area contributed by atoms with Gasteiger partial charge in [-0.25, -0.2) is 4.98 Å². The predicted molar refractivity (Wildman–Crippen MR) is 109 cm³/mol. The number of hydrogen-bond acceptors (Lipinski definition) is 3. The van der Waals surface area contributed by atoms with Gasteiger partial charge in [0.25, 0.3) is 5.91 Å². The van der Waals surface area contributed by atoms with Crippen LogP contribution in [0.4, 0.5) is 11.5 Å². The number of hydrogen-bond donors (Lipinski definition) is 1. The molecule has 0 unspecified atom stereocenters. The van der Waals surface area contributed by atoms with E-state index in [2.05, 4.69) is 5.32 Å². The van der Waals surface area contributed by atoms with Crippen LogP contribution in [0.2, 0.25) is 0 Å². The SMILES string of the molecule is CN(C)c1ccc(C(=O)Nc2c(-c3ccccc3)nc3ccccn23)cc1. The number of anilines is 2. The van der Waals surface area contributed by atoms with Gasteiger partial charge in [0.2, 0.25) is 0 Å². The summed E-state index contributed by atoms with van der Waals surface area (Å²) in [5, 5.41) is 3.04. The minimum atomic E-state index is -0.164. The van der Waals surface area contributed by atoms with E-state index < -0.39 is 0 Å². The molecule has 1 N–H and O–H groups in total. The van der Waals surface area contributed by atoms with Crippen LogP contribution in [0.5, 0.6) is 0 Å². The fraction of sp³-hybridized carbons (Fsp3) is 0.0909. The zero-order chi connectivity index (χ0) is 18.8. The van der Waals surface area contributed by atoms with Crippen LogP contribution in [0.15, 0.2) is 79.0 Å². The van der Waals surface area contributed by atoms with Gasteiger partial charge in [-0.2, -0.15) is 0 Å². The third-order valence-corrected chi connectivity index (χ3v) is 4.45. The molecule has 5 heteroatoms. The summed E-state index contributed by atoms with van der Waals surface area (Å²) in [5.74, 6) is 0.502. The lowest BCUT2D eigenvalue weighted by atomic mass is 10.1. The first-order valence-electron chi connectivity index (χ1n) is 8.75. The molecule has 0 spiro atoms. The van der Waals surface area contributed by atoms with E-state index in [4.69, 9.17) is 4.98 Å². The summed E-state index contributed by atoms with van der Waals surface area (Å²) >= 11 is 0. The predicted octanol–water partition coefficient (Wildman–Crippen LogP) is 4.32. The average Bonchev–Trinajstić information content (AvgIpc) is 3.07. The van der Waals surface area contributed by atoms with E-state index in [0.29, 0.717) is 11.4 Å². The Kier molecular flexibility index (Phi) is 4.34. The van der Waals surface area contributed by atoms with Crippen molar-refractivity contribution in [2.24, 2.45) is 0 Å². The van der Waals surface area contributed by atoms with Crippen molar-refractivity contribution in [3.63, 3.8) is 0 Å². The molecule has 0 aliphatic carbocycles. The summed E-state index contributed by atoms with van der Waals surface area (Å²) in [5.41, 5.74) is 4.14. The van der Waals surface area contributed by atoms with Crippen LogP contribution < -0.4 is 10.2 Å². The fourth-order valence-electron chi connectivity index (χ4n) is 3.00. The van der Waals surface area contributed by atoms with E-state index in [0.717, 1.165) is 22.6 Å². The molecule has 0 bridgehead atoms. The first kappa shape index (κ1) is 16.8. The maximum absolute atomic E-state index is 12.9. The molecule has 0 radical (unpaired) electrons. The Morgan fingerprint density at radius 2 is 1.63 bits per heavy atom. The van der Waals surface area contributed by atoms with Gasteiger partial charge in [-0.15, -0.1) is 0 Å². The Balaban J connectivity index is 1.73. The summed E-state index contributed by atoms with van der Waals surface area (Å²) < 4.78 is 1.90. The summed E-state index contributed by atoms with van der Waals surface area (Å²) in [6, 6.07) is 23.2. The van der Waals surface area contributed by atoms with Crippen molar-refractivity contribution in [3.05, 3.63) is 84.6 Å². The standard InChI is InChI=1S/C22H20N4O/c1-25(2)18-13-11-17(12-14-18)22(27)24-21-20(16-8-4-3-5-9-16)23-19-10-6-7-15-26(19)21/h3-15H,1-2H3,(H,24,27). The number of imidazole rings is 1. The van der Waals surface area contributed by atoms with Crippen molar-refractivity contribution in [1.29, 1.82) is 0 Å². The van der Waals surface area contributed by atoms with E-state index in [1.54, 1.807) is 0 Å². The van der Waals surface area contributed by atoms with E-state index in [1.165, 1.54) is 0 Å². The Morgan fingerprint density at radius 1 is 0.926 bits per heavy atom. The Labute approximate surface area is 157 Å². The third-order valence-electron chi connectivity index (χ3n) is 4.45. The molecule has 0 aliphatic rings. The van der Waals surface area contributed by atoms with Crippen LogP contribution in [0.25, 0.3) is 16.9 Å². The Bertz CT molecular complexity index is 1080. The first-order valence-corrected chi connectivity index (χ1v) is 8.75. The number of amides is 1. The highest BCUT2D eigenvalue weighted by Gasteiger charge is 2.17. The second-order valence-corrected chi connectivity index (χ2v) is 6.50. The molecular formula is C22H20N4O. The summed E-state index contributed by atoms with van der Waals surface area (Å²) in [4.78, 5) is 19.6. The number of rotatable bonds is 4. The van der Waals surface area contributed by atoms with Crippen molar-refractivity contribution in [2.75, 3.05) is 24.3 Å². The van der Waals surface area contributed by atoms with Gasteiger partial charge < -0.3 is 10.2 Å². The van der Waals surface area contributed by atoms with E-state index in [-0.39, 0.29) is 5.91 Å². The number of nitrogens with one attached hydrogen (secondary N) is 1. The lowest BCUT2D eigenvalue weighted by molar-refractivity contribution is 0.102. The van der Waals surface area contributed by atoms with Gasteiger partial charge in [0.15, 0.2) is 0 Å². The molecule has 0 fully saturated rings. The number of nitrogens with zero attached hydrogens (tertiary/aromatic N) is 3. The van der Waals surface area contributed by atoms with Crippen molar-refractivity contribution < 1.29 is 4.79 Å². The quantitative estimate of drug-likeness (QED) is 0.592. The highest BCUT2D eigenvalue weighted by molar-refractivity contribution is 6.06. The van der Waals surface area contributed by atoms with E-state index in [1.807, 2.05) is 102 Å². The Morgan fingerprint density at radius 3 is 2.33 bits per heavy atom. The summed E-state index contributed by atoms with van der Waals surface area (Å²) in [6.45, 7) is 0. The smallest absolute Gasteiger partial charge is 0.256 e. The van der Waals surface area contributed by atoms with Gasteiger partial charge in [-0.1, -0.05) is 36.4 Å². The van der Waals surface area contributed by atoms with Crippen LogP contribution in [0.3, 0.4) is 0 Å². The molecule has 0 saturated carbocycles. The molecule has 4 rings (SSSR count). The molecule has 27 heavy (non-hydrogen) atoms. The van der Waals surface area contributed by atoms with Crippen molar-refractivity contribution >= 4 is 23.1 Å². The van der Waals surface area contributed by atoms with Gasteiger partial charge in [0.05, 0.1) is 0 Å². The monoisotopic (exact) mass is 356 g/mol. The Hall–Kier alpha value is -3.60. The molecule has 1 amide bonds. The zero-order valence-electron chi connectivity index (χ0n) is 15.3. The second kappa shape index (κ2) is 6.96. The van der Waals surface area contributed by atoms with Crippen LogP contribution in [-0.4, -0.2) is 29.4 Å². The number of pyridine rings is 1. The van der Waals surface area contributed by atoms with Crippen molar-refractivity contribution in [2.45, 2.75) is 0 Å². The minimum absolute atomic E-state index is 0.164. The highest BCUT2D eigenvalue weighted by Crippen LogP contribution is 2.29. The molecule has 0 saturated heterocycles. The molecule has 2 aromatic heterocycles. The molecule has 0 aliphatic heterocycles. The summed E-state index contributed by atoms with van der Waals surface area (Å²) in [7, 11) is 3.94. The second-order valence-electron chi connectivity index (χ2n) is 6.50. The molecule has 134 valence electrons. The maximum Gasteiger partial charge on any atom is 0.256 e. The lowest BCUT2D eigenvalue weighted by Crippen LogP contribution is -2.14. The minimum Gasteiger partial charge on any atom is -0.378 e. The molecule has 0 atom stereocenters. The number of benzene rings is 2.